The molecule has 0 saturated heterocycles. The summed E-state index contributed by atoms with van der Waals surface area (Å²) in [6.45, 7) is 7.91. The minimum absolute atomic E-state index is 0.0623. The van der Waals surface area contributed by atoms with E-state index in [0.717, 1.165) is 7.11 Å². The molecule has 0 aliphatic carbocycles. The lowest BCUT2D eigenvalue weighted by atomic mass is 9.98. The Kier molecular flexibility index (Phi) is 11.0. The number of nitrogens with zero attached hydrogens (tertiary/aromatic N) is 1. The predicted molar refractivity (Wildman–Crippen MR) is 116 cm³/mol. The van der Waals surface area contributed by atoms with Crippen LogP contribution in [0.25, 0.3) is 0 Å². The lowest BCUT2D eigenvalue weighted by molar-refractivity contribution is -0.158. The topological polar surface area (TPSA) is 154 Å². The number of rotatable bonds is 9. The summed E-state index contributed by atoms with van der Waals surface area (Å²) in [5.74, 6) is -2.42. The second kappa shape index (κ2) is 11.6. The van der Waals surface area contributed by atoms with Crippen molar-refractivity contribution in [1.29, 1.82) is 0 Å². The second-order valence-electron chi connectivity index (χ2n) is 8.24. The summed E-state index contributed by atoms with van der Waals surface area (Å²) >= 11 is 17.3. The van der Waals surface area contributed by atoms with Gasteiger partial charge in [-0.05, 0) is 41.5 Å². The monoisotopic (exact) mass is 521 g/mol. The Labute approximate surface area is 201 Å². The first-order valence-corrected chi connectivity index (χ1v) is 10.6. The van der Waals surface area contributed by atoms with Crippen molar-refractivity contribution < 1.29 is 39.0 Å². The van der Waals surface area contributed by atoms with E-state index in [4.69, 9.17) is 39.5 Å². The van der Waals surface area contributed by atoms with Gasteiger partial charge in [0.25, 0.3) is 0 Å². The maximum atomic E-state index is 12.7. The highest BCUT2D eigenvalue weighted by molar-refractivity contribution is 6.68. The number of aliphatic hydroxyl groups is 1. The Morgan fingerprint density at radius 2 is 1.44 bits per heavy atom. The third-order valence-corrected chi connectivity index (χ3v) is 5.53. The fourth-order valence-electron chi connectivity index (χ4n) is 2.16. The molecule has 0 spiro atoms. The largest absolute Gasteiger partial charge is 0.467 e. The van der Waals surface area contributed by atoms with Crippen molar-refractivity contribution in [3.63, 3.8) is 0 Å². The quantitative estimate of drug-likeness (QED) is 0.154. The van der Waals surface area contributed by atoms with Gasteiger partial charge in [-0.15, -0.1) is 0 Å². The van der Waals surface area contributed by atoms with E-state index in [1.807, 2.05) is 0 Å². The maximum absolute atomic E-state index is 12.7. The summed E-state index contributed by atoms with van der Waals surface area (Å²) in [4.78, 5) is 48.8. The predicted octanol–water partition coefficient (Wildman–Crippen LogP) is 1.67. The average molecular weight is 523 g/mol. The van der Waals surface area contributed by atoms with Gasteiger partial charge in [0, 0.05) is 6.42 Å². The number of alkyl halides is 3. The fraction of sp³-hybridized carbons (Fsp3) is 0.778. The fourth-order valence-corrected chi connectivity index (χ4v) is 2.28. The van der Waals surface area contributed by atoms with Crippen LogP contribution in [0.15, 0.2) is 0 Å². The number of esters is 1. The van der Waals surface area contributed by atoms with Crippen LogP contribution in [0.1, 0.15) is 48.0 Å². The normalized spacial score (nSPS) is 15.1. The van der Waals surface area contributed by atoms with Crippen molar-refractivity contribution in [1.82, 2.24) is 15.7 Å². The first-order chi connectivity index (χ1) is 14.2. The molecule has 0 aromatic heterocycles. The number of carbonyl (C=O) groups is 4. The van der Waals surface area contributed by atoms with Crippen LogP contribution in [0, 0.1) is 0 Å². The van der Waals surface area contributed by atoms with E-state index in [9.17, 15) is 29.5 Å². The van der Waals surface area contributed by atoms with Crippen molar-refractivity contribution in [2.24, 2.45) is 0 Å². The molecule has 4 N–H and O–H groups in total. The van der Waals surface area contributed by atoms with E-state index in [-0.39, 0.29) is 5.06 Å². The SMILES string of the molecule is COC(=O)[C@H](C)NC(=O)[C@H](C)NC(=O)[C@@H](CC(C)(C)O)N(O)C(=O)OC(C)(C)C(Cl)(Cl)Cl. The maximum Gasteiger partial charge on any atom is 0.435 e. The number of hydroxylamine groups is 2. The molecule has 0 heterocycles. The third kappa shape index (κ3) is 9.53. The molecule has 11 nitrogen and oxygen atoms in total. The van der Waals surface area contributed by atoms with Crippen LogP contribution < -0.4 is 10.6 Å². The minimum Gasteiger partial charge on any atom is -0.467 e. The molecule has 14 heteroatoms. The Morgan fingerprint density at radius 3 is 1.84 bits per heavy atom. The average Bonchev–Trinajstić information content (AvgIpc) is 2.62. The molecule has 0 radical (unpaired) electrons. The molecule has 0 saturated carbocycles. The Morgan fingerprint density at radius 1 is 0.969 bits per heavy atom. The molecule has 0 aliphatic rings. The molecule has 32 heavy (non-hydrogen) atoms. The van der Waals surface area contributed by atoms with E-state index in [0.29, 0.717) is 0 Å². The number of carbonyl (C=O) groups excluding carboxylic acids is 4. The number of amides is 3. The van der Waals surface area contributed by atoms with Crippen LogP contribution >= 0.6 is 34.8 Å². The van der Waals surface area contributed by atoms with Gasteiger partial charge in [0.15, 0.2) is 5.60 Å². The molecular weight excluding hydrogens is 493 g/mol. The third-order valence-electron chi connectivity index (χ3n) is 4.17. The highest BCUT2D eigenvalue weighted by Crippen LogP contribution is 2.40. The number of hydrogen-bond acceptors (Lipinski definition) is 8. The van der Waals surface area contributed by atoms with Gasteiger partial charge in [0.2, 0.25) is 15.6 Å². The molecule has 0 bridgehead atoms. The van der Waals surface area contributed by atoms with Crippen molar-refractivity contribution in [3.8, 4) is 0 Å². The molecule has 0 unspecified atom stereocenters. The molecule has 0 aliphatic heterocycles. The molecule has 186 valence electrons. The van der Waals surface area contributed by atoms with Gasteiger partial charge in [0.05, 0.1) is 12.7 Å². The van der Waals surface area contributed by atoms with Crippen LogP contribution in [0.5, 0.6) is 0 Å². The molecule has 0 rings (SSSR count). The van der Waals surface area contributed by atoms with E-state index in [2.05, 4.69) is 15.4 Å². The number of halogens is 3. The van der Waals surface area contributed by atoms with Gasteiger partial charge in [0.1, 0.15) is 18.1 Å². The standard InChI is InChI=1S/C18H30Cl3N3O8/c1-9(12(25)23-10(2)14(27)31-7)22-13(26)11(8-16(3,4)29)24(30)15(28)32-17(5,6)18(19,20)21/h9-11,29-30H,8H2,1-7H3,(H,22,26)(H,23,25)/t9-,10-,11+/m0/s1. The Hall–Kier alpha value is -1.53. The molecule has 0 aromatic rings. The zero-order valence-corrected chi connectivity index (χ0v) is 21.1. The molecular formula is C18H30Cl3N3O8. The van der Waals surface area contributed by atoms with Gasteiger partial charge in [-0.25, -0.2) is 9.59 Å². The van der Waals surface area contributed by atoms with Crippen LogP contribution in [0.4, 0.5) is 4.79 Å². The van der Waals surface area contributed by atoms with Crippen LogP contribution in [0.2, 0.25) is 0 Å². The summed E-state index contributed by atoms with van der Waals surface area (Å²) in [6, 6.07) is -3.84. The van der Waals surface area contributed by atoms with E-state index in [1.165, 1.54) is 41.5 Å². The highest BCUT2D eigenvalue weighted by Gasteiger charge is 2.46. The smallest absolute Gasteiger partial charge is 0.435 e. The summed E-state index contributed by atoms with van der Waals surface area (Å²) in [7, 11) is 1.15. The first-order valence-electron chi connectivity index (χ1n) is 9.42. The van der Waals surface area contributed by atoms with Crippen molar-refractivity contribution in [3.05, 3.63) is 0 Å². The summed E-state index contributed by atoms with van der Waals surface area (Å²) in [5, 5.41) is 25.0. The van der Waals surface area contributed by atoms with Gasteiger partial charge < -0.3 is 25.2 Å². The summed E-state index contributed by atoms with van der Waals surface area (Å²) < 4.78 is 7.45. The minimum atomic E-state index is -2.06. The first kappa shape index (κ1) is 30.5. The Bertz CT molecular complexity index is 707. The molecule has 3 amide bonds. The second-order valence-corrected chi connectivity index (χ2v) is 10.5. The highest BCUT2D eigenvalue weighted by atomic mass is 35.6. The van der Waals surface area contributed by atoms with Crippen molar-refractivity contribution >= 4 is 58.7 Å². The lowest BCUT2D eigenvalue weighted by Crippen LogP contribution is -2.57. The van der Waals surface area contributed by atoms with Crippen LogP contribution in [-0.2, 0) is 23.9 Å². The van der Waals surface area contributed by atoms with E-state index >= 15 is 0 Å². The molecule has 0 aromatic carbocycles. The zero-order valence-electron chi connectivity index (χ0n) is 18.9. The van der Waals surface area contributed by atoms with Gasteiger partial charge in [-0.3, -0.25) is 14.8 Å². The van der Waals surface area contributed by atoms with E-state index in [1.54, 1.807) is 0 Å². The van der Waals surface area contributed by atoms with Gasteiger partial charge in [-0.2, -0.15) is 5.06 Å². The van der Waals surface area contributed by atoms with Crippen molar-refractivity contribution in [2.45, 2.75) is 81.1 Å². The number of hydrogen-bond donors (Lipinski definition) is 4. The van der Waals surface area contributed by atoms with Crippen molar-refractivity contribution in [2.75, 3.05) is 7.11 Å². The molecule has 3 atom stereocenters. The Balaban J connectivity index is 5.49. The number of methoxy groups -OCH3 is 1. The van der Waals surface area contributed by atoms with Gasteiger partial charge in [-0.1, -0.05) is 34.8 Å². The lowest BCUT2D eigenvalue weighted by Gasteiger charge is -2.35. The van der Waals surface area contributed by atoms with E-state index < -0.39 is 63.4 Å². The van der Waals surface area contributed by atoms with Crippen LogP contribution in [-0.4, -0.2) is 79.5 Å². The number of nitrogens with one attached hydrogen (secondary N) is 2. The number of ether oxygens (including phenoxy) is 2. The zero-order chi connectivity index (χ0) is 25.7. The summed E-state index contributed by atoms with van der Waals surface area (Å²) in [5.41, 5.74) is -3.21. The van der Waals surface area contributed by atoms with Gasteiger partial charge >= 0.3 is 12.1 Å². The van der Waals surface area contributed by atoms with Crippen LogP contribution in [0.3, 0.4) is 0 Å². The molecule has 0 fully saturated rings. The summed E-state index contributed by atoms with van der Waals surface area (Å²) in [6.07, 6.45) is -1.87.